The molecule has 1 aliphatic heterocycles. The fourth-order valence-electron chi connectivity index (χ4n) is 4.84. The zero-order valence-corrected chi connectivity index (χ0v) is 23.0. The number of ether oxygens (including phenoxy) is 1. The Bertz CT molecular complexity index is 1430. The second-order valence-corrected chi connectivity index (χ2v) is 10.5. The fourth-order valence-corrected chi connectivity index (χ4v) is 4.84. The van der Waals surface area contributed by atoms with Crippen LogP contribution in [0, 0.1) is 6.92 Å². The first-order valence-electron chi connectivity index (χ1n) is 13.8. The third-order valence-electron chi connectivity index (χ3n) is 7.26. The largest absolute Gasteiger partial charge is 0.379 e. The van der Waals surface area contributed by atoms with Crippen molar-refractivity contribution in [1.82, 2.24) is 14.9 Å². The second kappa shape index (κ2) is 12.4. The molecule has 4 aromatic rings. The minimum absolute atomic E-state index is 0.123. The molecular formula is C32H37N5O2. The lowest BCUT2D eigenvalue weighted by molar-refractivity contribution is 0.0378. The molecule has 0 saturated carbocycles. The summed E-state index contributed by atoms with van der Waals surface area (Å²) in [6, 6.07) is 20.0. The minimum atomic E-state index is -0.123. The molecule has 1 amide bonds. The Hall–Kier alpha value is -3.81. The van der Waals surface area contributed by atoms with Gasteiger partial charge < -0.3 is 15.4 Å². The van der Waals surface area contributed by atoms with Crippen LogP contribution in [0.4, 0.5) is 11.6 Å². The number of fused-ring (bicyclic) bond motifs is 1. The zero-order valence-electron chi connectivity index (χ0n) is 23.0. The summed E-state index contributed by atoms with van der Waals surface area (Å²) in [6.45, 7) is 11.9. The number of hydrogen-bond acceptors (Lipinski definition) is 6. The van der Waals surface area contributed by atoms with Gasteiger partial charge in [-0.1, -0.05) is 38.1 Å². The number of aromatic nitrogens is 2. The summed E-state index contributed by atoms with van der Waals surface area (Å²) in [7, 11) is 0. The van der Waals surface area contributed by atoms with Crippen LogP contribution in [-0.4, -0.2) is 60.2 Å². The number of nitrogens with one attached hydrogen (secondary N) is 2. The van der Waals surface area contributed by atoms with E-state index in [1.807, 2.05) is 42.6 Å². The molecule has 39 heavy (non-hydrogen) atoms. The average molecular weight is 524 g/mol. The van der Waals surface area contributed by atoms with E-state index >= 15 is 0 Å². The predicted octanol–water partition coefficient (Wildman–Crippen LogP) is 6.12. The smallest absolute Gasteiger partial charge is 0.255 e. The van der Waals surface area contributed by atoms with Crippen molar-refractivity contribution in [2.75, 3.05) is 50.0 Å². The topological polar surface area (TPSA) is 79.4 Å². The van der Waals surface area contributed by atoms with E-state index in [-0.39, 0.29) is 5.91 Å². The molecule has 7 heteroatoms. The number of carbonyl (C=O) groups excluding carboxylic acids is 1. The molecule has 0 aliphatic carbocycles. The Labute approximate surface area is 230 Å². The maximum atomic E-state index is 13.0. The molecule has 0 atom stereocenters. The number of morpholine rings is 1. The molecule has 0 radical (unpaired) electrons. The predicted molar refractivity (Wildman–Crippen MR) is 159 cm³/mol. The van der Waals surface area contributed by atoms with E-state index in [1.54, 1.807) is 0 Å². The van der Waals surface area contributed by atoms with Crippen molar-refractivity contribution in [3.63, 3.8) is 0 Å². The van der Waals surface area contributed by atoms with Crippen LogP contribution in [-0.2, 0) is 4.74 Å². The van der Waals surface area contributed by atoms with Gasteiger partial charge >= 0.3 is 0 Å². The van der Waals surface area contributed by atoms with Gasteiger partial charge in [0.2, 0.25) is 5.95 Å². The van der Waals surface area contributed by atoms with Crippen molar-refractivity contribution in [2.45, 2.75) is 33.1 Å². The summed E-state index contributed by atoms with van der Waals surface area (Å²) >= 11 is 0. The Morgan fingerprint density at radius 2 is 1.82 bits per heavy atom. The number of anilines is 2. The Balaban J connectivity index is 1.25. The van der Waals surface area contributed by atoms with Gasteiger partial charge in [0.15, 0.2) is 0 Å². The van der Waals surface area contributed by atoms with E-state index in [1.165, 1.54) is 5.56 Å². The summed E-state index contributed by atoms with van der Waals surface area (Å²) in [6.07, 6.45) is 2.90. The number of carbonyl (C=O) groups is 1. The van der Waals surface area contributed by atoms with Gasteiger partial charge in [0.25, 0.3) is 5.91 Å². The number of nitrogens with zero attached hydrogens (tertiary/aromatic N) is 3. The van der Waals surface area contributed by atoms with Crippen LogP contribution in [0.25, 0.3) is 22.0 Å². The molecular weight excluding hydrogens is 486 g/mol. The molecule has 1 fully saturated rings. The van der Waals surface area contributed by atoms with Gasteiger partial charge in [0.05, 0.1) is 18.7 Å². The van der Waals surface area contributed by atoms with E-state index in [0.29, 0.717) is 17.4 Å². The maximum absolute atomic E-state index is 13.0. The molecule has 5 rings (SSSR count). The third kappa shape index (κ3) is 6.80. The molecule has 0 spiro atoms. The van der Waals surface area contributed by atoms with E-state index < -0.39 is 0 Å². The highest BCUT2D eigenvalue weighted by atomic mass is 16.5. The standard InChI is InChI=1S/C32H37N5O2/c1-22(2)24-7-10-28(11-8-24)35-31(38)26-6-5-23(3)29(20-26)25-9-12-30-27(19-25)21-34-32(36-30)33-13-4-14-37-15-17-39-18-16-37/h5-12,19-22H,4,13-18H2,1-3H3,(H,35,38)(H,33,34,36). The molecule has 1 aliphatic rings. The summed E-state index contributed by atoms with van der Waals surface area (Å²) in [4.78, 5) is 24.7. The summed E-state index contributed by atoms with van der Waals surface area (Å²) in [5.74, 6) is 0.977. The van der Waals surface area contributed by atoms with Crippen molar-refractivity contribution >= 4 is 28.4 Å². The molecule has 7 nitrogen and oxygen atoms in total. The molecule has 1 saturated heterocycles. The number of rotatable bonds is 9. The van der Waals surface area contributed by atoms with Gasteiger partial charge in [-0.3, -0.25) is 9.69 Å². The SMILES string of the molecule is Cc1ccc(C(=O)Nc2ccc(C(C)C)cc2)cc1-c1ccc2nc(NCCCN3CCOCC3)ncc2c1. The van der Waals surface area contributed by atoms with E-state index in [9.17, 15) is 4.79 Å². The van der Waals surface area contributed by atoms with E-state index in [4.69, 9.17) is 9.72 Å². The lowest BCUT2D eigenvalue weighted by atomic mass is 9.97. The quantitative estimate of drug-likeness (QED) is 0.258. The van der Waals surface area contributed by atoms with E-state index in [0.717, 1.165) is 79.1 Å². The number of aryl methyl sites for hydroxylation is 1. The molecule has 2 N–H and O–H groups in total. The molecule has 1 aromatic heterocycles. The number of benzene rings is 3. The normalized spacial score (nSPS) is 14.1. The van der Waals surface area contributed by atoms with Crippen LogP contribution < -0.4 is 10.6 Å². The molecule has 0 unspecified atom stereocenters. The van der Waals surface area contributed by atoms with Crippen LogP contribution in [0.1, 0.15) is 47.7 Å². The van der Waals surface area contributed by atoms with Crippen molar-refractivity contribution in [3.8, 4) is 11.1 Å². The summed E-state index contributed by atoms with van der Waals surface area (Å²) < 4.78 is 5.41. The lowest BCUT2D eigenvalue weighted by Crippen LogP contribution is -2.37. The lowest BCUT2D eigenvalue weighted by Gasteiger charge is -2.26. The van der Waals surface area contributed by atoms with Crippen LogP contribution in [0.15, 0.2) is 66.9 Å². The Morgan fingerprint density at radius 3 is 2.59 bits per heavy atom. The first-order valence-corrected chi connectivity index (χ1v) is 13.8. The Kier molecular flexibility index (Phi) is 8.49. The zero-order chi connectivity index (χ0) is 27.2. The second-order valence-electron chi connectivity index (χ2n) is 10.5. The van der Waals surface area contributed by atoms with Gasteiger partial charge in [-0.05, 0) is 84.5 Å². The highest BCUT2D eigenvalue weighted by Crippen LogP contribution is 2.28. The monoisotopic (exact) mass is 523 g/mol. The first-order chi connectivity index (χ1) is 19.0. The molecule has 3 aromatic carbocycles. The fraction of sp³-hybridized carbons (Fsp3) is 0.344. The van der Waals surface area contributed by atoms with Crippen LogP contribution in [0.5, 0.6) is 0 Å². The number of amides is 1. The first kappa shape index (κ1) is 26.8. The molecule has 0 bridgehead atoms. The van der Waals surface area contributed by atoms with Gasteiger partial charge in [0.1, 0.15) is 0 Å². The Morgan fingerprint density at radius 1 is 1.03 bits per heavy atom. The highest BCUT2D eigenvalue weighted by Gasteiger charge is 2.12. The van der Waals surface area contributed by atoms with Crippen molar-refractivity contribution < 1.29 is 9.53 Å². The van der Waals surface area contributed by atoms with Crippen LogP contribution in [0.3, 0.4) is 0 Å². The van der Waals surface area contributed by atoms with Crippen LogP contribution in [0.2, 0.25) is 0 Å². The number of hydrogen-bond donors (Lipinski definition) is 2. The van der Waals surface area contributed by atoms with Gasteiger partial charge in [-0.15, -0.1) is 0 Å². The molecule has 2 heterocycles. The van der Waals surface area contributed by atoms with E-state index in [2.05, 4.69) is 65.6 Å². The van der Waals surface area contributed by atoms with Crippen molar-refractivity contribution in [3.05, 3.63) is 83.6 Å². The van der Waals surface area contributed by atoms with Crippen LogP contribution >= 0.6 is 0 Å². The van der Waals surface area contributed by atoms with Gasteiger partial charge in [-0.2, -0.15) is 0 Å². The third-order valence-corrected chi connectivity index (χ3v) is 7.26. The van der Waals surface area contributed by atoms with Gasteiger partial charge in [0, 0.05) is 42.5 Å². The summed E-state index contributed by atoms with van der Waals surface area (Å²) in [5.41, 5.74) is 6.71. The maximum Gasteiger partial charge on any atom is 0.255 e. The summed E-state index contributed by atoms with van der Waals surface area (Å²) in [5, 5.41) is 7.34. The van der Waals surface area contributed by atoms with Crippen molar-refractivity contribution in [1.29, 1.82) is 0 Å². The van der Waals surface area contributed by atoms with Crippen molar-refractivity contribution in [2.24, 2.45) is 0 Å². The average Bonchev–Trinajstić information content (AvgIpc) is 2.96. The minimum Gasteiger partial charge on any atom is -0.379 e. The molecule has 202 valence electrons. The van der Waals surface area contributed by atoms with Gasteiger partial charge in [-0.25, -0.2) is 9.97 Å². The highest BCUT2D eigenvalue weighted by molar-refractivity contribution is 6.05.